The summed E-state index contributed by atoms with van der Waals surface area (Å²) < 4.78 is 0. The number of carbonyl (C=O) groups excluding carboxylic acids is 1. The van der Waals surface area contributed by atoms with Gasteiger partial charge in [-0.15, -0.1) is 12.8 Å². The van der Waals surface area contributed by atoms with Gasteiger partial charge in [-0.1, -0.05) is 62.3 Å². The van der Waals surface area contributed by atoms with Crippen LogP contribution in [0.3, 0.4) is 0 Å². The minimum absolute atomic E-state index is 0.111. The van der Waals surface area contributed by atoms with E-state index in [0.29, 0.717) is 23.7 Å². The Labute approximate surface area is 164 Å². The molecule has 4 heteroatoms. The van der Waals surface area contributed by atoms with Crippen molar-refractivity contribution in [3.8, 4) is 12.8 Å². The van der Waals surface area contributed by atoms with Crippen molar-refractivity contribution in [1.29, 1.82) is 0 Å². The molecular weight excluding hydrogens is 322 g/mol. The second-order valence-electron chi connectivity index (χ2n) is 8.09. The van der Waals surface area contributed by atoms with Crippen molar-refractivity contribution in [1.82, 2.24) is 4.90 Å². The third-order valence-electron chi connectivity index (χ3n) is 3.70. The first-order chi connectivity index (χ1) is 11.9. The molecule has 0 aromatic heterocycles. The van der Waals surface area contributed by atoms with Gasteiger partial charge in [0.2, 0.25) is 5.91 Å². The van der Waals surface area contributed by atoms with Crippen LogP contribution >= 0.6 is 0 Å². The summed E-state index contributed by atoms with van der Waals surface area (Å²) in [5.74, 6) is 1.91. The average molecular weight is 368 g/mol. The van der Waals surface area contributed by atoms with Crippen molar-refractivity contribution in [2.45, 2.75) is 94.5 Å². The largest absolute Gasteiger partial charge is 0.369 e. The lowest BCUT2D eigenvalue weighted by Crippen LogP contribution is -2.50. The fourth-order valence-electron chi connectivity index (χ4n) is 2.31. The number of amides is 1. The van der Waals surface area contributed by atoms with Gasteiger partial charge in [0, 0.05) is 6.54 Å². The van der Waals surface area contributed by atoms with Crippen LogP contribution in [0, 0.1) is 30.1 Å². The van der Waals surface area contributed by atoms with Crippen LogP contribution in [0.5, 0.6) is 0 Å². The SMILES string of the molecule is C#C.CC.CC.CC(C)C.CC1(C)CC(=O)N(C[C@H]2CC2(C)C)C(N)=N1. The van der Waals surface area contributed by atoms with Crippen LogP contribution in [0.15, 0.2) is 4.99 Å². The second kappa shape index (κ2) is 13.7. The van der Waals surface area contributed by atoms with Crippen LogP contribution in [0.25, 0.3) is 0 Å². The Morgan fingerprint density at radius 1 is 1.12 bits per heavy atom. The fourth-order valence-corrected chi connectivity index (χ4v) is 2.31. The summed E-state index contributed by atoms with van der Waals surface area (Å²) in [4.78, 5) is 18.0. The van der Waals surface area contributed by atoms with Gasteiger partial charge in [0.15, 0.2) is 5.96 Å². The topological polar surface area (TPSA) is 58.7 Å². The number of aliphatic imine (C=N–C) groups is 1. The summed E-state index contributed by atoms with van der Waals surface area (Å²) in [5, 5.41) is 0. The molecule has 0 unspecified atom stereocenters. The van der Waals surface area contributed by atoms with Gasteiger partial charge in [-0.2, -0.15) is 0 Å². The molecule has 0 spiro atoms. The van der Waals surface area contributed by atoms with Crippen molar-refractivity contribution >= 4 is 11.9 Å². The normalized spacial score (nSPS) is 21.2. The van der Waals surface area contributed by atoms with E-state index in [2.05, 4.69) is 52.5 Å². The van der Waals surface area contributed by atoms with Gasteiger partial charge < -0.3 is 5.73 Å². The highest BCUT2D eigenvalue weighted by Crippen LogP contribution is 2.52. The summed E-state index contributed by atoms with van der Waals surface area (Å²) in [7, 11) is 0. The van der Waals surface area contributed by atoms with Crippen molar-refractivity contribution < 1.29 is 4.79 Å². The van der Waals surface area contributed by atoms with Crippen LogP contribution in [-0.2, 0) is 4.79 Å². The Morgan fingerprint density at radius 2 is 1.46 bits per heavy atom. The summed E-state index contributed by atoms with van der Waals surface area (Å²) in [6, 6.07) is 0. The van der Waals surface area contributed by atoms with Crippen LogP contribution in [0.2, 0.25) is 0 Å². The van der Waals surface area contributed by atoms with E-state index in [9.17, 15) is 4.79 Å². The maximum Gasteiger partial charge on any atom is 0.231 e. The Kier molecular flexibility index (Phi) is 15.4. The van der Waals surface area contributed by atoms with E-state index in [-0.39, 0.29) is 11.4 Å². The molecule has 1 aliphatic heterocycles. The molecule has 0 aromatic rings. The first-order valence-corrected chi connectivity index (χ1v) is 9.93. The van der Waals surface area contributed by atoms with Gasteiger partial charge in [0.05, 0.1) is 12.0 Å². The Hall–Kier alpha value is -1.50. The number of rotatable bonds is 2. The molecule has 0 aromatic carbocycles. The molecule has 2 N–H and O–H groups in total. The number of nitrogens with two attached hydrogens (primary N) is 1. The van der Waals surface area contributed by atoms with E-state index in [1.54, 1.807) is 4.90 Å². The van der Waals surface area contributed by atoms with E-state index < -0.39 is 0 Å². The highest BCUT2D eigenvalue weighted by atomic mass is 16.2. The van der Waals surface area contributed by atoms with E-state index in [1.165, 1.54) is 6.42 Å². The molecule has 0 radical (unpaired) electrons. The highest BCUT2D eigenvalue weighted by molar-refractivity contribution is 5.99. The monoisotopic (exact) mass is 367 g/mol. The molecule has 4 nitrogen and oxygen atoms in total. The quantitative estimate of drug-likeness (QED) is 0.671. The third-order valence-corrected chi connectivity index (χ3v) is 3.70. The maximum absolute atomic E-state index is 12.0. The number of carbonyl (C=O) groups is 1. The molecule has 1 aliphatic carbocycles. The molecule has 154 valence electrons. The fraction of sp³-hybridized carbons (Fsp3) is 0.818. The zero-order chi connectivity index (χ0) is 21.7. The minimum atomic E-state index is -0.337. The first kappa shape index (κ1) is 29.3. The van der Waals surface area contributed by atoms with E-state index >= 15 is 0 Å². The molecule has 2 aliphatic rings. The number of nitrogens with zero attached hydrogens (tertiary/aromatic N) is 2. The molecule has 2 rings (SSSR count). The van der Waals surface area contributed by atoms with Crippen LogP contribution in [0.1, 0.15) is 89.0 Å². The number of terminal acetylenes is 1. The average Bonchev–Trinajstić information content (AvgIpc) is 3.14. The summed E-state index contributed by atoms with van der Waals surface area (Å²) in [5.41, 5.74) is 5.90. The van der Waals surface area contributed by atoms with Gasteiger partial charge in [-0.25, -0.2) is 4.99 Å². The van der Waals surface area contributed by atoms with Gasteiger partial charge in [-0.05, 0) is 37.5 Å². The van der Waals surface area contributed by atoms with Crippen LogP contribution < -0.4 is 5.73 Å². The minimum Gasteiger partial charge on any atom is -0.369 e. The molecule has 26 heavy (non-hydrogen) atoms. The predicted molar refractivity (Wildman–Crippen MR) is 117 cm³/mol. The van der Waals surface area contributed by atoms with Crippen LogP contribution in [-0.4, -0.2) is 28.9 Å². The predicted octanol–water partition coefficient (Wildman–Crippen LogP) is 5.32. The Balaban J connectivity index is -0.000000451. The van der Waals surface area contributed by atoms with Crippen molar-refractivity contribution in [3.05, 3.63) is 0 Å². The van der Waals surface area contributed by atoms with E-state index in [1.807, 2.05) is 41.5 Å². The van der Waals surface area contributed by atoms with Crippen molar-refractivity contribution in [3.63, 3.8) is 0 Å². The zero-order valence-corrected chi connectivity index (χ0v) is 19.3. The molecule has 1 amide bonds. The number of guanidine groups is 1. The van der Waals surface area contributed by atoms with Gasteiger partial charge in [-0.3, -0.25) is 9.69 Å². The Morgan fingerprint density at radius 3 is 1.73 bits per heavy atom. The molecule has 0 bridgehead atoms. The van der Waals surface area contributed by atoms with Gasteiger partial charge in [0.25, 0.3) is 0 Å². The summed E-state index contributed by atoms with van der Waals surface area (Å²) in [6.07, 6.45) is 9.63. The zero-order valence-electron chi connectivity index (χ0n) is 19.3. The van der Waals surface area contributed by atoms with Crippen LogP contribution in [0.4, 0.5) is 0 Å². The highest BCUT2D eigenvalue weighted by Gasteiger charge is 2.48. The lowest BCUT2D eigenvalue weighted by atomic mass is 9.99. The lowest BCUT2D eigenvalue weighted by molar-refractivity contribution is -0.129. The molecule has 1 saturated carbocycles. The molecule has 1 atom stereocenters. The first-order valence-electron chi connectivity index (χ1n) is 9.93. The molecule has 1 fully saturated rings. The van der Waals surface area contributed by atoms with Gasteiger partial charge in [0.1, 0.15) is 0 Å². The number of hydrogen-bond acceptors (Lipinski definition) is 3. The van der Waals surface area contributed by atoms with Crippen molar-refractivity contribution in [2.75, 3.05) is 6.54 Å². The number of hydrogen-bond donors (Lipinski definition) is 1. The molecule has 1 heterocycles. The molecule has 0 saturated heterocycles. The van der Waals surface area contributed by atoms with E-state index in [4.69, 9.17) is 5.73 Å². The van der Waals surface area contributed by atoms with Crippen molar-refractivity contribution in [2.24, 2.45) is 28.0 Å². The van der Waals surface area contributed by atoms with E-state index in [0.717, 1.165) is 12.5 Å². The third kappa shape index (κ3) is 12.0. The lowest BCUT2D eigenvalue weighted by Gasteiger charge is -2.33. The summed E-state index contributed by atoms with van der Waals surface area (Å²) >= 11 is 0. The summed E-state index contributed by atoms with van der Waals surface area (Å²) in [6.45, 7) is 23.6. The molecular formula is C22H45N3O. The Bertz CT molecular complexity index is 431. The maximum atomic E-state index is 12.0. The smallest absolute Gasteiger partial charge is 0.231 e. The van der Waals surface area contributed by atoms with Gasteiger partial charge >= 0.3 is 0 Å². The second-order valence-corrected chi connectivity index (χ2v) is 8.09. The standard InChI is InChI=1S/C12H21N3O.C4H10.2C2H6.C2H2/c1-11(2)5-8(11)7-15-9(16)6-12(3,4)14-10(15)13;1-4(2)3;3*1-2/h8H,5-7H2,1-4H3,(H2,13,14);4H,1-3H3;2*1-2H3;1-2H/t8-;;;;/m1..../s1.